The van der Waals surface area contributed by atoms with Gasteiger partial charge in [-0.2, -0.15) is 0 Å². The van der Waals surface area contributed by atoms with Gasteiger partial charge in [-0.1, -0.05) is 71.1 Å². The third-order valence-electron chi connectivity index (χ3n) is 3.51. The van der Waals surface area contributed by atoms with Crippen molar-refractivity contribution in [1.82, 2.24) is 10.2 Å². The van der Waals surface area contributed by atoms with E-state index >= 15 is 0 Å². The first-order valence-electron chi connectivity index (χ1n) is 7.61. The van der Waals surface area contributed by atoms with Crippen LogP contribution in [0.15, 0.2) is 52.9 Å². The van der Waals surface area contributed by atoms with Crippen molar-refractivity contribution in [2.75, 3.05) is 5.32 Å². The number of benzene rings is 2. The van der Waals surface area contributed by atoms with Crippen LogP contribution in [-0.4, -0.2) is 16.1 Å². The summed E-state index contributed by atoms with van der Waals surface area (Å²) in [6, 6.07) is 15.1. The number of aryl methyl sites for hydroxylation is 2. The molecular formula is C18H16ClN3OS2. The summed E-state index contributed by atoms with van der Waals surface area (Å²) in [5.41, 5.74) is 2.56. The van der Waals surface area contributed by atoms with Crippen LogP contribution in [0.5, 0.6) is 0 Å². The lowest BCUT2D eigenvalue weighted by atomic mass is 10.1. The Kier molecular flexibility index (Phi) is 5.73. The van der Waals surface area contributed by atoms with E-state index in [1.54, 1.807) is 6.07 Å². The lowest BCUT2D eigenvalue weighted by molar-refractivity contribution is -0.115. The van der Waals surface area contributed by atoms with Crippen molar-refractivity contribution in [2.24, 2.45) is 0 Å². The summed E-state index contributed by atoms with van der Waals surface area (Å²) in [6.07, 6.45) is 0. The first kappa shape index (κ1) is 17.9. The van der Waals surface area contributed by atoms with E-state index in [0.29, 0.717) is 10.7 Å². The molecule has 0 saturated heterocycles. The molecular weight excluding hydrogens is 374 g/mol. The number of rotatable bonds is 5. The van der Waals surface area contributed by atoms with E-state index < -0.39 is 5.25 Å². The van der Waals surface area contributed by atoms with Crippen LogP contribution in [-0.2, 0) is 4.79 Å². The summed E-state index contributed by atoms with van der Waals surface area (Å²) < 4.78 is 0.767. The number of anilines is 1. The second-order valence-corrected chi connectivity index (χ2v) is 8.39. The molecule has 128 valence electrons. The zero-order valence-corrected chi connectivity index (χ0v) is 16.1. The summed E-state index contributed by atoms with van der Waals surface area (Å²) in [5, 5.41) is 12.2. The fourth-order valence-corrected chi connectivity index (χ4v) is 4.39. The van der Waals surface area contributed by atoms with Gasteiger partial charge in [-0.15, -0.1) is 10.2 Å². The minimum atomic E-state index is -0.423. The van der Waals surface area contributed by atoms with Crippen LogP contribution in [0.2, 0.25) is 5.02 Å². The molecule has 0 aliphatic heterocycles. The monoisotopic (exact) mass is 389 g/mol. The topological polar surface area (TPSA) is 54.9 Å². The number of thioether (sulfide) groups is 1. The number of carbonyl (C=O) groups excluding carboxylic acids is 1. The molecule has 4 nitrogen and oxygen atoms in total. The summed E-state index contributed by atoms with van der Waals surface area (Å²) in [6.45, 7) is 3.82. The summed E-state index contributed by atoms with van der Waals surface area (Å²) >= 11 is 9.03. The van der Waals surface area contributed by atoms with Crippen LogP contribution < -0.4 is 5.32 Å². The van der Waals surface area contributed by atoms with Crippen LogP contribution in [0.1, 0.15) is 21.4 Å². The molecule has 0 aliphatic rings. The third-order valence-corrected chi connectivity index (χ3v) is 6.09. The van der Waals surface area contributed by atoms with E-state index in [1.165, 1.54) is 23.1 Å². The molecule has 3 aromatic rings. The van der Waals surface area contributed by atoms with Gasteiger partial charge in [0, 0.05) is 10.7 Å². The van der Waals surface area contributed by atoms with Crippen molar-refractivity contribution >= 4 is 46.3 Å². The van der Waals surface area contributed by atoms with Crippen LogP contribution in [0.25, 0.3) is 0 Å². The van der Waals surface area contributed by atoms with E-state index in [-0.39, 0.29) is 5.91 Å². The summed E-state index contributed by atoms with van der Waals surface area (Å²) in [5.74, 6) is -0.121. The molecule has 0 spiro atoms. The van der Waals surface area contributed by atoms with Crippen LogP contribution in [0, 0.1) is 13.8 Å². The fourth-order valence-electron chi connectivity index (χ4n) is 2.21. The highest BCUT2D eigenvalue weighted by Gasteiger charge is 2.24. The van der Waals surface area contributed by atoms with Crippen molar-refractivity contribution in [1.29, 1.82) is 0 Å². The van der Waals surface area contributed by atoms with E-state index in [1.807, 2.05) is 56.3 Å². The molecule has 7 heteroatoms. The first-order valence-corrected chi connectivity index (χ1v) is 9.69. The Labute approximate surface area is 159 Å². The van der Waals surface area contributed by atoms with Crippen molar-refractivity contribution in [3.8, 4) is 0 Å². The number of carbonyl (C=O) groups is 1. The number of hydrogen-bond acceptors (Lipinski definition) is 5. The molecule has 0 unspecified atom stereocenters. The number of amides is 1. The van der Waals surface area contributed by atoms with E-state index in [2.05, 4.69) is 15.5 Å². The molecule has 0 aliphatic carbocycles. The van der Waals surface area contributed by atoms with Gasteiger partial charge in [0.05, 0.1) is 0 Å². The summed E-state index contributed by atoms with van der Waals surface area (Å²) in [7, 11) is 0. The second kappa shape index (κ2) is 7.99. The molecule has 1 amide bonds. The minimum Gasteiger partial charge on any atom is -0.325 e. The van der Waals surface area contributed by atoms with Gasteiger partial charge in [0.1, 0.15) is 10.3 Å². The maximum absolute atomic E-state index is 12.9. The second-order valence-electron chi connectivity index (χ2n) is 5.45. The Morgan fingerprint density at radius 2 is 1.92 bits per heavy atom. The van der Waals surface area contributed by atoms with Gasteiger partial charge in [-0.25, -0.2) is 0 Å². The van der Waals surface area contributed by atoms with Gasteiger partial charge in [-0.3, -0.25) is 4.79 Å². The highest BCUT2D eigenvalue weighted by Crippen LogP contribution is 2.37. The van der Waals surface area contributed by atoms with Gasteiger partial charge < -0.3 is 5.32 Å². The number of halogens is 1. The SMILES string of the molecule is Cc1nnc(S[C@H](C(=O)Nc2ccc(C)c(Cl)c2)c2ccccc2)s1. The van der Waals surface area contributed by atoms with Crippen LogP contribution >= 0.6 is 34.7 Å². The van der Waals surface area contributed by atoms with Gasteiger partial charge in [0.25, 0.3) is 0 Å². The molecule has 3 rings (SSSR count). The maximum Gasteiger partial charge on any atom is 0.242 e. The highest BCUT2D eigenvalue weighted by atomic mass is 35.5. The molecule has 25 heavy (non-hydrogen) atoms. The molecule has 0 saturated carbocycles. The van der Waals surface area contributed by atoms with Gasteiger partial charge in [0.15, 0.2) is 4.34 Å². The Bertz CT molecular complexity index is 883. The molecule has 0 radical (unpaired) electrons. The number of aromatic nitrogens is 2. The Hall–Kier alpha value is -1.89. The molecule has 1 heterocycles. The lowest BCUT2D eigenvalue weighted by Gasteiger charge is -2.16. The molecule has 2 aromatic carbocycles. The Balaban J connectivity index is 1.85. The highest BCUT2D eigenvalue weighted by molar-refractivity contribution is 8.01. The Morgan fingerprint density at radius 3 is 2.56 bits per heavy atom. The molecule has 1 atom stereocenters. The average Bonchev–Trinajstić information content (AvgIpc) is 3.02. The normalized spacial score (nSPS) is 12.0. The van der Waals surface area contributed by atoms with E-state index in [9.17, 15) is 4.79 Å². The van der Waals surface area contributed by atoms with Crippen molar-refractivity contribution in [3.05, 3.63) is 69.7 Å². The van der Waals surface area contributed by atoms with Crippen LogP contribution in [0.4, 0.5) is 5.69 Å². The largest absolute Gasteiger partial charge is 0.325 e. The van der Waals surface area contributed by atoms with Gasteiger partial charge >= 0.3 is 0 Å². The van der Waals surface area contributed by atoms with Crippen molar-refractivity contribution in [3.63, 3.8) is 0 Å². The van der Waals surface area contributed by atoms with Gasteiger partial charge in [0.2, 0.25) is 5.91 Å². The molecule has 0 bridgehead atoms. The fraction of sp³-hybridized carbons (Fsp3) is 0.167. The third kappa shape index (κ3) is 4.60. The van der Waals surface area contributed by atoms with E-state index in [0.717, 1.165) is 20.5 Å². The molecule has 1 N–H and O–H groups in total. The average molecular weight is 390 g/mol. The van der Waals surface area contributed by atoms with Crippen molar-refractivity contribution < 1.29 is 4.79 Å². The Morgan fingerprint density at radius 1 is 1.16 bits per heavy atom. The van der Waals surface area contributed by atoms with E-state index in [4.69, 9.17) is 11.6 Å². The zero-order chi connectivity index (χ0) is 17.8. The smallest absolute Gasteiger partial charge is 0.242 e. The molecule has 0 fully saturated rings. The lowest BCUT2D eigenvalue weighted by Crippen LogP contribution is -2.19. The van der Waals surface area contributed by atoms with Crippen LogP contribution in [0.3, 0.4) is 0 Å². The predicted molar refractivity (Wildman–Crippen MR) is 105 cm³/mol. The maximum atomic E-state index is 12.9. The minimum absolute atomic E-state index is 0.121. The summed E-state index contributed by atoms with van der Waals surface area (Å²) in [4.78, 5) is 12.9. The van der Waals surface area contributed by atoms with Gasteiger partial charge in [-0.05, 0) is 37.1 Å². The predicted octanol–water partition coefficient (Wildman–Crippen LogP) is 5.28. The molecule has 1 aromatic heterocycles. The van der Waals surface area contributed by atoms with Crippen molar-refractivity contribution in [2.45, 2.75) is 23.4 Å². The number of hydrogen-bond donors (Lipinski definition) is 1. The quantitative estimate of drug-likeness (QED) is 0.603. The number of nitrogens with one attached hydrogen (secondary N) is 1. The first-order chi connectivity index (χ1) is 12.0. The standard InChI is InChI=1S/C18H16ClN3OS2/c1-11-8-9-14(10-15(11)19)20-17(23)16(13-6-4-3-5-7-13)25-18-22-21-12(2)24-18/h3-10,16H,1-2H3,(H,20,23)/t16-/m0/s1. The number of nitrogens with zero attached hydrogens (tertiary/aromatic N) is 2. The zero-order valence-electron chi connectivity index (χ0n) is 13.7.